The average molecular weight is 503 g/mol. The van der Waals surface area contributed by atoms with Crippen molar-refractivity contribution in [3.63, 3.8) is 0 Å². The number of nitrogens with one attached hydrogen (secondary N) is 1. The van der Waals surface area contributed by atoms with Gasteiger partial charge in [0.15, 0.2) is 0 Å². The number of carbonyl (C=O) groups is 2. The Hall–Kier alpha value is -3.05. The van der Waals surface area contributed by atoms with Gasteiger partial charge in [0.25, 0.3) is 0 Å². The number of nitrogens with zero attached hydrogens (tertiary/aromatic N) is 1. The predicted molar refractivity (Wildman–Crippen MR) is 151 cm³/mol. The van der Waals surface area contributed by atoms with Crippen molar-refractivity contribution in [1.29, 1.82) is 0 Å². The summed E-state index contributed by atoms with van der Waals surface area (Å²) in [6.45, 7) is 7.20. The molecule has 0 heterocycles. The second kappa shape index (κ2) is 14.5. The van der Waals surface area contributed by atoms with Crippen LogP contribution in [0.4, 0.5) is 0 Å². The van der Waals surface area contributed by atoms with Crippen LogP contribution >= 0.6 is 11.8 Å². The number of benzene rings is 3. The fourth-order valence-electron chi connectivity index (χ4n) is 4.05. The van der Waals surface area contributed by atoms with Crippen molar-refractivity contribution in [2.45, 2.75) is 52.0 Å². The molecule has 0 radical (unpaired) electrons. The van der Waals surface area contributed by atoms with Crippen molar-refractivity contribution in [1.82, 2.24) is 10.2 Å². The normalized spacial score (nSPS) is 11.8. The molecule has 3 aromatic rings. The van der Waals surface area contributed by atoms with E-state index in [1.165, 1.54) is 5.56 Å². The maximum Gasteiger partial charge on any atom is 0.243 e. The molecule has 0 saturated heterocycles. The molecular weight excluding hydrogens is 464 g/mol. The van der Waals surface area contributed by atoms with Crippen LogP contribution in [0, 0.1) is 12.8 Å². The average Bonchev–Trinajstić information content (AvgIpc) is 2.88. The Labute approximate surface area is 220 Å². The molecule has 0 bridgehead atoms. The summed E-state index contributed by atoms with van der Waals surface area (Å²) >= 11 is 1.75. The van der Waals surface area contributed by atoms with Gasteiger partial charge in [-0.1, -0.05) is 104 Å². The summed E-state index contributed by atoms with van der Waals surface area (Å²) in [5, 5.41) is 3.09. The largest absolute Gasteiger partial charge is 0.354 e. The fraction of sp³-hybridized carbons (Fsp3) is 0.355. The summed E-state index contributed by atoms with van der Waals surface area (Å²) in [7, 11) is 0. The lowest BCUT2D eigenvalue weighted by atomic mass is 10.0. The lowest BCUT2D eigenvalue weighted by molar-refractivity contribution is -0.141. The molecule has 0 saturated carbocycles. The Morgan fingerprint density at radius 2 is 1.50 bits per heavy atom. The molecule has 0 aromatic heterocycles. The molecular formula is C31H38N2O2S. The van der Waals surface area contributed by atoms with Crippen LogP contribution in [0.15, 0.2) is 84.9 Å². The zero-order chi connectivity index (χ0) is 25.8. The van der Waals surface area contributed by atoms with Gasteiger partial charge in [0.05, 0.1) is 0 Å². The third-order valence-electron chi connectivity index (χ3n) is 5.96. The van der Waals surface area contributed by atoms with Crippen LogP contribution in [0.3, 0.4) is 0 Å². The summed E-state index contributed by atoms with van der Waals surface area (Å²) < 4.78 is 0. The SMILES string of the molecule is Cc1cccc(CN(C(=O)CCSCc2ccccc2)[C@@H](Cc2ccccc2)C(=O)NCC(C)C)c1. The smallest absolute Gasteiger partial charge is 0.243 e. The van der Waals surface area contributed by atoms with E-state index in [-0.39, 0.29) is 11.8 Å². The highest BCUT2D eigenvalue weighted by molar-refractivity contribution is 7.98. The number of rotatable bonds is 13. The van der Waals surface area contributed by atoms with Gasteiger partial charge in [0.2, 0.25) is 11.8 Å². The minimum atomic E-state index is -0.571. The van der Waals surface area contributed by atoms with Crippen LogP contribution in [0.5, 0.6) is 0 Å². The highest BCUT2D eigenvalue weighted by atomic mass is 32.2. The molecule has 36 heavy (non-hydrogen) atoms. The van der Waals surface area contributed by atoms with Gasteiger partial charge in [0, 0.05) is 37.4 Å². The molecule has 3 rings (SSSR count). The Morgan fingerprint density at radius 1 is 0.861 bits per heavy atom. The second-order valence-corrected chi connectivity index (χ2v) is 10.7. The molecule has 0 aliphatic heterocycles. The fourth-order valence-corrected chi connectivity index (χ4v) is 4.94. The number of thioether (sulfide) groups is 1. The number of aryl methyl sites for hydroxylation is 1. The second-order valence-electron chi connectivity index (χ2n) is 9.64. The minimum Gasteiger partial charge on any atom is -0.354 e. The Morgan fingerprint density at radius 3 is 2.14 bits per heavy atom. The van der Waals surface area contributed by atoms with Crippen molar-refractivity contribution >= 4 is 23.6 Å². The Bertz CT molecular complexity index is 1090. The summed E-state index contributed by atoms with van der Waals surface area (Å²) in [6.07, 6.45) is 0.881. The van der Waals surface area contributed by atoms with Crippen molar-refractivity contribution in [3.05, 3.63) is 107 Å². The molecule has 3 aromatic carbocycles. The first kappa shape index (κ1) is 27.5. The van der Waals surface area contributed by atoms with Crippen molar-refractivity contribution in [2.75, 3.05) is 12.3 Å². The molecule has 190 valence electrons. The van der Waals surface area contributed by atoms with Crippen molar-refractivity contribution in [2.24, 2.45) is 5.92 Å². The quantitative estimate of drug-likeness (QED) is 0.290. The Balaban J connectivity index is 1.79. The van der Waals surface area contributed by atoms with Gasteiger partial charge in [-0.3, -0.25) is 9.59 Å². The first-order valence-electron chi connectivity index (χ1n) is 12.7. The Kier molecular flexibility index (Phi) is 11.1. The number of hydrogen-bond acceptors (Lipinski definition) is 3. The predicted octanol–water partition coefficient (Wildman–Crippen LogP) is 6.03. The van der Waals surface area contributed by atoms with Crippen LogP contribution in [0.1, 0.15) is 42.5 Å². The zero-order valence-electron chi connectivity index (χ0n) is 21.7. The van der Waals surface area contributed by atoms with E-state index in [0.717, 1.165) is 22.4 Å². The van der Waals surface area contributed by atoms with E-state index >= 15 is 0 Å². The summed E-state index contributed by atoms with van der Waals surface area (Å²) in [5.41, 5.74) is 4.47. The monoisotopic (exact) mass is 502 g/mol. The van der Waals surface area contributed by atoms with E-state index in [9.17, 15) is 9.59 Å². The third-order valence-corrected chi connectivity index (χ3v) is 6.99. The number of carbonyl (C=O) groups excluding carboxylic acids is 2. The van der Waals surface area contributed by atoms with Gasteiger partial charge in [0.1, 0.15) is 6.04 Å². The molecule has 0 unspecified atom stereocenters. The lowest BCUT2D eigenvalue weighted by Crippen LogP contribution is -2.51. The molecule has 2 amide bonds. The number of amides is 2. The van der Waals surface area contributed by atoms with Crippen LogP contribution < -0.4 is 5.32 Å². The van der Waals surface area contributed by atoms with Gasteiger partial charge in [-0.2, -0.15) is 11.8 Å². The highest BCUT2D eigenvalue weighted by Crippen LogP contribution is 2.19. The molecule has 1 N–H and O–H groups in total. The van der Waals surface area contributed by atoms with E-state index in [4.69, 9.17) is 0 Å². The van der Waals surface area contributed by atoms with E-state index in [0.29, 0.717) is 37.6 Å². The van der Waals surface area contributed by atoms with Crippen LogP contribution in [0.25, 0.3) is 0 Å². The standard InChI is InChI=1S/C31H38N2O2S/c1-24(2)21-32-31(35)29(20-26-12-6-4-7-13-26)33(22-28-16-10-11-25(3)19-28)30(34)17-18-36-23-27-14-8-5-9-15-27/h4-16,19,24,29H,17-18,20-23H2,1-3H3,(H,32,35)/t29-/m0/s1. The lowest BCUT2D eigenvalue weighted by Gasteiger charge is -2.32. The van der Waals surface area contributed by atoms with Crippen LogP contribution in [-0.4, -0.2) is 35.1 Å². The first-order chi connectivity index (χ1) is 17.4. The maximum atomic E-state index is 13.7. The topological polar surface area (TPSA) is 49.4 Å². The molecule has 4 nitrogen and oxygen atoms in total. The van der Waals surface area contributed by atoms with Gasteiger partial charge in [-0.15, -0.1) is 0 Å². The van der Waals surface area contributed by atoms with Crippen molar-refractivity contribution in [3.8, 4) is 0 Å². The molecule has 0 fully saturated rings. The maximum absolute atomic E-state index is 13.7. The molecule has 5 heteroatoms. The molecule has 0 spiro atoms. The first-order valence-corrected chi connectivity index (χ1v) is 13.9. The van der Waals surface area contributed by atoms with Crippen molar-refractivity contribution < 1.29 is 9.59 Å². The van der Waals surface area contributed by atoms with Gasteiger partial charge in [-0.25, -0.2) is 0 Å². The van der Waals surface area contributed by atoms with E-state index in [1.807, 2.05) is 73.7 Å². The number of hydrogen-bond donors (Lipinski definition) is 1. The zero-order valence-corrected chi connectivity index (χ0v) is 22.5. The van der Waals surface area contributed by atoms with Gasteiger partial charge >= 0.3 is 0 Å². The summed E-state index contributed by atoms with van der Waals surface area (Å²) in [4.78, 5) is 28.9. The third kappa shape index (κ3) is 9.19. The van der Waals surface area contributed by atoms with Crippen LogP contribution in [-0.2, 0) is 28.3 Å². The molecule has 0 aliphatic carbocycles. The highest BCUT2D eigenvalue weighted by Gasteiger charge is 2.30. The van der Waals surface area contributed by atoms with Crippen LogP contribution in [0.2, 0.25) is 0 Å². The molecule has 1 atom stereocenters. The van der Waals surface area contributed by atoms with Gasteiger partial charge < -0.3 is 10.2 Å². The van der Waals surface area contributed by atoms with E-state index < -0.39 is 6.04 Å². The van der Waals surface area contributed by atoms with E-state index in [2.05, 4.69) is 37.4 Å². The van der Waals surface area contributed by atoms with Gasteiger partial charge in [-0.05, 0) is 29.5 Å². The van der Waals surface area contributed by atoms with E-state index in [1.54, 1.807) is 16.7 Å². The summed E-state index contributed by atoms with van der Waals surface area (Å²) in [6, 6.07) is 27.9. The molecule has 0 aliphatic rings. The summed E-state index contributed by atoms with van der Waals surface area (Å²) in [5.74, 6) is 1.84. The minimum absolute atomic E-state index is 0.0118.